The van der Waals surface area contributed by atoms with E-state index in [0.717, 1.165) is 24.8 Å². The average Bonchev–Trinajstić information content (AvgIpc) is 2.85. The van der Waals surface area contributed by atoms with E-state index in [1.54, 1.807) is 0 Å². The molecule has 3 rings (SSSR count). The van der Waals surface area contributed by atoms with E-state index in [2.05, 4.69) is 15.4 Å². The van der Waals surface area contributed by atoms with Crippen molar-refractivity contribution >= 4 is 29.1 Å². The number of amides is 1. The molecule has 7 heteroatoms. The molecule has 21 heavy (non-hydrogen) atoms. The molecule has 0 bridgehead atoms. The van der Waals surface area contributed by atoms with Crippen LogP contribution in [0.1, 0.15) is 40.5 Å². The summed E-state index contributed by atoms with van der Waals surface area (Å²) in [6.07, 6.45) is 6.17. The summed E-state index contributed by atoms with van der Waals surface area (Å²) in [5, 5.41) is 7.75. The Morgan fingerprint density at radius 1 is 1.43 bits per heavy atom. The monoisotopic (exact) mass is 324 g/mol. The Labute approximate surface area is 132 Å². The Morgan fingerprint density at radius 2 is 2.24 bits per heavy atom. The van der Waals surface area contributed by atoms with Crippen LogP contribution in [0.2, 0.25) is 10.2 Å². The summed E-state index contributed by atoms with van der Waals surface area (Å²) in [6, 6.07) is 1.50. The minimum Gasteiger partial charge on any atom is -0.345 e. The van der Waals surface area contributed by atoms with Crippen LogP contribution in [-0.4, -0.2) is 20.7 Å². The zero-order valence-corrected chi connectivity index (χ0v) is 12.9. The van der Waals surface area contributed by atoms with Crippen molar-refractivity contribution in [2.75, 3.05) is 0 Å². The fraction of sp³-hybridized carbons (Fsp3) is 0.357. The van der Waals surface area contributed by atoms with Crippen molar-refractivity contribution in [1.29, 1.82) is 0 Å². The topological polar surface area (TPSA) is 59.8 Å². The summed E-state index contributed by atoms with van der Waals surface area (Å²) in [7, 11) is 1.92. The van der Waals surface area contributed by atoms with Crippen LogP contribution in [-0.2, 0) is 13.5 Å². The summed E-state index contributed by atoms with van der Waals surface area (Å²) in [4.78, 5) is 16.2. The number of aryl methyl sites for hydroxylation is 1. The van der Waals surface area contributed by atoms with E-state index in [4.69, 9.17) is 23.2 Å². The fourth-order valence-corrected chi connectivity index (χ4v) is 2.91. The van der Waals surface area contributed by atoms with Gasteiger partial charge in [0.1, 0.15) is 5.15 Å². The predicted molar refractivity (Wildman–Crippen MR) is 80.6 cm³/mol. The second-order valence-corrected chi connectivity index (χ2v) is 5.85. The Hall–Kier alpha value is -1.59. The van der Waals surface area contributed by atoms with Gasteiger partial charge in [0, 0.05) is 24.5 Å². The van der Waals surface area contributed by atoms with Crippen molar-refractivity contribution in [3.8, 4) is 0 Å². The van der Waals surface area contributed by atoms with Crippen molar-refractivity contribution in [2.45, 2.75) is 25.3 Å². The highest BCUT2D eigenvalue weighted by Gasteiger charge is 2.25. The molecule has 2 heterocycles. The minimum absolute atomic E-state index is 0.0237. The zero-order chi connectivity index (χ0) is 15.0. The highest BCUT2D eigenvalue weighted by atomic mass is 35.5. The van der Waals surface area contributed by atoms with Crippen LogP contribution in [0, 0.1) is 0 Å². The molecule has 1 aliphatic rings. The van der Waals surface area contributed by atoms with Crippen molar-refractivity contribution in [3.63, 3.8) is 0 Å². The number of aromatic nitrogens is 3. The molecule has 0 radical (unpaired) electrons. The van der Waals surface area contributed by atoms with Crippen LogP contribution in [0.4, 0.5) is 0 Å². The number of rotatable bonds is 2. The lowest BCUT2D eigenvalue weighted by Gasteiger charge is -2.23. The normalized spacial score (nSPS) is 17.4. The second-order valence-electron chi connectivity index (χ2n) is 5.09. The van der Waals surface area contributed by atoms with Crippen molar-refractivity contribution in [1.82, 2.24) is 20.1 Å². The summed E-state index contributed by atoms with van der Waals surface area (Å²) >= 11 is 11.7. The number of hydrogen-bond acceptors (Lipinski definition) is 3. The summed E-state index contributed by atoms with van der Waals surface area (Å²) in [6.45, 7) is 0. The standard InChI is InChI=1S/C14H14Cl2N4O/c1-20-12-4-2-3-11(9(12)7-18-20)19-14(21)8-5-10(15)13(16)17-6-8/h5-7,11H,2-4H2,1H3,(H,19,21). The van der Waals surface area contributed by atoms with Gasteiger partial charge in [-0.2, -0.15) is 5.10 Å². The number of carbonyl (C=O) groups excluding carboxylic acids is 1. The number of halogens is 2. The fourth-order valence-electron chi connectivity index (χ4n) is 2.64. The Balaban J connectivity index is 1.81. The van der Waals surface area contributed by atoms with E-state index in [1.165, 1.54) is 18.0 Å². The molecule has 0 aliphatic heterocycles. The molecule has 1 aliphatic carbocycles. The molecule has 2 aromatic rings. The highest BCUT2D eigenvalue weighted by molar-refractivity contribution is 6.41. The lowest BCUT2D eigenvalue weighted by Crippen LogP contribution is -2.31. The zero-order valence-electron chi connectivity index (χ0n) is 11.4. The van der Waals surface area contributed by atoms with Gasteiger partial charge in [0.05, 0.1) is 22.8 Å². The van der Waals surface area contributed by atoms with Crippen LogP contribution in [0.15, 0.2) is 18.5 Å². The third-order valence-electron chi connectivity index (χ3n) is 3.74. The summed E-state index contributed by atoms with van der Waals surface area (Å²) < 4.78 is 1.87. The van der Waals surface area contributed by atoms with Gasteiger partial charge in [-0.1, -0.05) is 23.2 Å². The third kappa shape index (κ3) is 2.76. The van der Waals surface area contributed by atoms with Gasteiger partial charge in [-0.25, -0.2) is 4.98 Å². The average molecular weight is 325 g/mol. The molecule has 5 nitrogen and oxygen atoms in total. The van der Waals surface area contributed by atoms with E-state index >= 15 is 0 Å². The van der Waals surface area contributed by atoms with Crippen molar-refractivity contribution < 1.29 is 4.79 Å². The van der Waals surface area contributed by atoms with Gasteiger partial charge in [-0.05, 0) is 25.3 Å². The quantitative estimate of drug-likeness (QED) is 0.864. The maximum Gasteiger partial charge on any atom is 0.253 e. The lowest BCUT2D eigenvalue weighted by molar-refractivity contribution is 0.0932. The molecule has 0 fully saturated rings. The number of nitrogens with one attached hydrogen (secondary N) is 1. The van der Waals surface area contributed by atoms with E-state index in [9.17, 15) is 4.79 Å². The Morgan fingerprint density at radius 3 is 3.00 bits per heavy atom. The first kappa shape index (κ1) is 14.4. The number of carbonyl (C=O) groups is 1. The lowest BCUT2D eigenvalue weighted by atomic mass is 9.93. The van der Waals surface area contributed by atoms with Crippen molar-refractivity contribution in [2.24, 2.45) is 7.05 Å². The van der Waals surface area contributed by atoms with Gasteiger partial charge in [0.2, 0.25) is 0 Å². The minimum atomic E-state index is -0.206. The van der Waals surface area contributed by atoms with Gasteiger partial charge < -0.3 is 5.32 Å². The number of nitrogens with zero attached hydrogens (tertiary/aromatic N) is 3. The van der Waals surface area contributed by atoms with Gasteiger partial charge in [0.15, 0.2) is 0 Å². The van der Waals surface area contributed by atoms with Crippen molar-refractivity contribution in [3.05, 3.63) is 45.5 Å². The molecule has 1 amide bonds. The highest BCUT2D eigenvalue weighted by Crippen LogP contribution is 2.29. The first-order chi connectivity index (χ1) is 10.1. The van der Waals surface area contributed by atoms with Gasteiger partial charge in [-0.3, -0.25) is 9.48 Å². The molecule has 0 saturated carbocycles. The first-order valence-corrected chi connectivity index (χ1v) is 7.44. The van der Waals surface area contributed by atoms with E-state index in [0.29, 0.717) is 5.56 Å². The SMILES string of the molecule is Cn1ncc2c1CCCC2NC(=O)c1cnc(Cl)c(Cl)c1. The molecule has 0 saturated heterocycles. The molecule has 0 aromatic carbocycles. The van der Waals surface area contributed by atoms with Crippen LogP contribution in [0.5, 0.6) is 0 Å². The molecule has 0 spiro atoms. The van der Waals surface area contributed by atoms with Gasteiger partial charge in [0.25, 0.3) is 5.91 Å². The van der Waals surface area contributed by atoms with Crippen LogP contribution in [0.25, 0.3) is 0 Å². The van der Waals surface area contributed by atoms with Crippen LogP contribution >= 0.6 is 23.2 Å². The summed E-state index contributed by atoms with van der Waals surface area (Å²) in [5.41, 5.74) is 2.67. The van der Waals surface area contributed by atoms with E-state index in [1.807, 2.05) is 17.9 Å². The maximum absolute atomic E-state index is 12.3. The largest absolute Gasteiger partial charge is 0.345 e. The third-order valence-corrected chi connectivity index (χ3v) is 4.43. The van der Waals surface area contributed by atoms with Gasteiger partial charge in [-0.15, -0.1) is 0 Å². The molecular formula is C14H14Cl2N4O. The van der Waals surface area contributed by atoms with Crippen LogP contribution < -0.4 is 5.32 Å². The smallest absolute Gasteiger partial charge is 0.253 e. The summed E-state index contributed by atoms with van der Waals surface area (Å²) in [5.74, 6) is -0.206. The Bertz CT molecular complexity index is 698. The van der Waals surface area contributed by atoms with Gasteiger partial charge >= 0.3 is 0 Å². The maximum atomic E-state index is 12.3. The second kappa shape index (κ2) is 5.66. The van der Waals surface area contributed by atoms with Crippen LogP contribution in [0.3, 0.4) is 0 Å². The first-order valence-electron chi connectivity index (χ1n) is 6.69. The molecule has 110 valence electrons. The van der Waals surface area contributed by atoms with E-state index in [-0.39, 0.29) is 22.1 Å². The molecule has 1 unspecified atom stereocenters. The molecule has 1 N–H and O–H groups in total. The number of fused-ring (bicyclic) bond motifs is 1. The van der Waals surface area contributed by atoms with E-state index < -0.39 is 0 Å². The molecule has 1 atom stereocenters. The number of pyridine rings is 1. The number of hydrogen-bond donors (Lipinski definition) is 1. The molecular weight excluding hydrogens is 311 g/mol. The molecule has 2 aromatic heterocycles. The predicted octanol–water partition coefficient (Wildman–Crippen LogP) is 2.93. The Kier molecular flexibility index (Phi) is 3.87.